The normalized spacial score (nSPS) is 17.0. The zero-order valence-electron chi connectivity index (χ0n) is 14.3. The highest BCUT2D eigenvalue weighted by molar-refractivity contribution is 7.21. The number of esters is 1. The first-order valence-electron chi connectivity index (χ1n) is 8.44. The van der Waals surface area contributed by atoms with Crippen LogP contribution in [0.2, 0.25) is 0 Å². The van der Waals surface area contributed by atoms with E-state index in [9.17, 15) is 9.59 Å². The van der Waals surface area contributed by atoms with Crippen LogP contribution in [0.15, 0.2) is 48.5 Å². The summed E-state index contributed by atoms with van der Waals surface area (Å²) in [4.78, 5) is 30.1. The maximum atomic E-state index is 12.1. The smallest absolute Gasteiger partial charge is 0.310 e. The van der Waals surface area contributed by atoms with Gasteiger partial charge < -0.3 is 9.64 Å². The van der Waals surface area contributed by atoms with Crippen LogP contribution in [0.25, 0.3) is 20.8 Å². The van der Waals surface area contributed by atoms with Crippen molar-refractivity contribution >= 4 is 33.4 Å². The van der Waals surface area contributed by atoms with Crippen molar-refractivity contribution in [2.45, 2.75) is 13.0 Å². The monoisotopic (exact) mass is 366 g/mol. The van der Waals surface area contributed by atoms with Gasteiger partial charge in [0, 0.05) is 25.1 Å². The standard InChI is InChI=1S/C20H18N2O3S/c1-25-20(24)15-10-18(23)22(12-15)11-13-6-8-14(9-7-13)19-21-16-4-2-3-5-17(16)26-19/h2-9,15H,10-12H2,1H3/t15-/m1/s1. The van der Waals surface area contributed by atoms with Crippen molar-refractivity contribution in [3.8, 4) is 10.6 Å². The third kappa shape index (κ3) is 3.20. The number of carbonyl (C=O) groups is 2. The fraction of sp³-hybridized carbons (Fsp3) is 0.250. The van der Waals surface area contributed by atoms with Crippen molar-refractivity contribution in [1.29, 1.82) is 0 Å². The Balaban J connectivity index is 1.48. The summed E-state index contributed by atoms with van der Waals surface area (Å²) >= 11 is 1.67. The molecule has 2 aromatic carbocycles. The predicted molar refractivity (Wildman–Crippen MR) is 101 cm³/mol. The number of amides is 1. The lowest BCUT2D eigenvalue weighted by molar-refractivity contribution is -0.145. The van der Waals surface area contributed by atoms with E-state index in [1.165, 1.54) is 11.8 Å². The molecule has 0 spiro atoms. The second kappa shape index (κ2) is 6.88. The summed E-state index contributed by atoms with van der Waals surface area (Å²) < 4.78 is 5.92. The van der Waals surface area contributed by atoms with E-state index >= 15 is 0 Å². The number of ether oxygens (including phenoxy) is 1. The number of carbonyl (C=O) groups excluding carboxylic acids is 2. The molecule has 0 aliphatic carbocycles. The van der Waals surface area contributed by atoms with Crippen LogP contribution in [0.3, 0.4) is 0 Å². The number of para-hydroxylation sites is 1. The van der Waals surface area contributed by atoms with Crippen LogP contribution in [0.1, 0.15) is 12.0 Å². The number of benzene rings is 2. The van der Waals surface area contributed by atoms with Crippen molar-refractivity contribution in [3.05, 3.63) is 54.1 Å². The maximum absolute atomic E-state index is 12.1. The molecule has 0 saturated carbocycles. The number of fused-ring (bicyclic) bond motifs is 1. The number of methoxy groups -OCH3 is 1. The second-order valence-corrected chi connectivity index (χ2v) is 7.41. The van der Waals surface area contributed by atoms with Crippen LogP contribution in [-0.2, 0) is 20.9 Å². The SMILES string of the molecule is COC(=O)[C@@H]1CC(=O)N(Cc2ccc(-c3nc4ccccc4s3)cc2)C1. The zero-order valence-corrected chi connectivity index (χ0v) is 15.2. The summed E-state index contributed by atoms with van der Waals surface area (Å²) in [5.41, 5.74) is 3.11. The van der Waals surface area contributed by atoms with E-state index in [2.05, 4.69) is 11.1 Å². The first-order valence-corrected chi connectivity index (χ1v) is 9.26. The minimum Gasteiger partial charge on any atom is -0.469 e. The van der Waals surface area contributed by atoms with Gasteiger partial charge in [0.1, 0.15) is 5.01 Å². The van der Waals surface area contributed by atoms with Crippen molar-refractivity contribution in [3.63, 3.8) is 0 Å². The van der Waals surface area contributed by atoms with E-state index in [1.807, 2.05) is 42.5 Å². The summed E-state index contributed by atoms with van der Waals surface area (Å²) in [7, 11) is 1.36. The molecule has 132 valence electrons. The Morgan fingerprint density at radius 1 is 1.23 bits per heavy atom. The van der Waals surface area contributed by atoms with Crippen molar-refractivity contribution in [1.82, 2.24) is 9.88 Å². The van der Waals surface area contributed by atoms with Crippen LogP contribution in [0, 0.1) is 5.92 Å². The molecule has 6 heteroatoms. The molecule has 1 aliphatic rings. The number of hydrogen-bond acceptors (Lipinski definition) is 5. The summed E-state index contributed by atoms with van der Waals surface area (Å²) in [6, 6.07) is 16.2. The Bertz CT molecular complexity index is 932. The Labute approximate surface area is 155 Å². The first-order chi connectivity index (χ1) is 12.6. The molecular formula is C20H18N2O3S. The number of rotatable bonds is 4. The number of thiazole rings is 1. The fourth-order valence-electron chi connectivity index (χ4n) is 3.22. The third-order valence-electron chi connectivity index (χ3n) is 4.62. The molecule has 0 radical (unpaired) electrons. The van der Waals surface area contributed by atoms with Crippen LogP contribution < -0.4 is 0 Å². The topological polar surface area (TPSA) is 59.5 Å². The van der Waals surface area contributed by atoms with Gasteiger partial charge in [-0.05, 0) is 17.7 Å². The molecule has 1 saturated heterocycles. The van der Waals surface area contributed by atoms with E-state index in [4.69, 9.17) is 4.74 Å². The molecule has 2 heterocycles. The third-order valence-corrected chi connectivity index (χ3v) is 5.70. The number of nitrogens with zero attached hydrogens (tertiary/aromatic N) is 2. The second-order valence-electron chi connectivity index (χ2n) is 6.38. The van der Waals surface area contributed by atoms with E-state index in [1.54, 1.807) is 16.2 Å². The van der Waals surface area contributed by atoms with E-state index < -0.39 is 0 Å². The van der Waals surface area contributed by atoms with Crippen LogP contribution in [-0.4, -0.2) is 35.4 Å². The molecule has 3 aromatic rings. The molecule has 1 aromatic heterocycles. The van der Waals surface area contributed by atoms with Gasteiger partial charge in [0.15, 0.2) is 0 Å². The molecular weight excluding hydrogens is 348 g/mol. The van der Waals surface area contributed by atoms with Gasteiger partial charge in [-0.25, -0.2) is 4.98 Å². The van der Waals surface area contributed by atoms with Crippen LogP contribution in [0.5, 0.6) is 0 Å². The highest BCUT2D eigenvalue weighted by Gasteiger charge is 2.34. The molecule has 1 fully saturated rings. The Morgan fingerprint density at radius 3 is 2.73 bits per heavy atom. The van der Waals surface area contributed by atoms with Gasteiger partial charge in [-0.1, -0.05) is 36.4 Å². The van der Waals surface area contributed by atoms with Gasteiger partial charge in [0.2, 0.25) is 5.91 Å². The highest BCUT2D eigenvalue weighted by Crippen LogP contribution is 2.30. The highest BCUT2D eigenvalue weighted by atomic mass is 32.1. The average molecular weight is 366 g/mol. The van der Waals surface area contributed by atoms with E-state index in [0.29, 0.717) is 13.1 Å². The van der Waals surface area contributed by atoms with Gasteiger partial charge in [-0.3, -0.25) is 9.59 Å². The molecule has 26 heavy (non-hydrogen) atoms. The van der Waals surface area contributed by atoms with E-state index in [0.717, 1.165) is 21.7 Å². The molecule has 1 amide bonds. The molecule has 5 nitrogen and oxygen atoms in total. The lowest BCUT2D eigenvalue weighted by atomic mass is 10.1. The van der Waals surface area contributed by atoms with Crippen LogP contribution in [0.4, 0.5) is 0 Å². The number of likely N-dealkylation sites (tertiary alicyclic amines) is 1. The quantitative estimate of drug-likeness (QED) is 0.663. The molecule has 1 aliphatic heterocycles. The Morgan fingerprint density at radius 2 is 2.00 bits per heavy atom. The fourth-order valence-corrected chi connectivity index (χ4v) is 4.19. The summed E-state index contributed by atoms with van der Waals surface area (Å²) in [5.74, 6) is -0.669. The van der Waals surface area contributed by atoms with Crippen molar-refractivity contribution in [2.24, 2.45) is 5.92 Å². The van der Waals surface area contributed by atoms with Crippen LogP contribution >= 0.6 is 11.3 Å². The Kier molecular flexibility index (Phi) is 4.42. The lowest BCUT2D eigenvalue weighted by Gasteiger charge is -2.16. The van der Waals surface area contributed by atoms with Gasteiger partial charge in [-0.15, -0.1) is 11.3 Å². The number of aromatic nitrogens is 1. The van der Waals surface area contributed by atoms with Crippen molar-refractivity contribution < 1.29 is 14.3 Å². The largest absolute Gasteiger partial charge is 0.469 e. The number of hydrogen-bond donors (Lipinski definition) is 0. The molecule has 1 atom stereocenters. The van der Waals surface area contributed by atoms with E-state index in [-0.39, 0.29) is 24.2 Å². The lowest BCUT2D eigenvalue weighted by Crippen LogP contribution is -2.26. The molecule has 0 bridgehead atoms. The average Bonchev–Trinajstić information content (AvgIpc) is 3.25. The maximum Gasteiger partial charge on any atom is 0.310 e. The summed E-state index contributed by atoms with van der Waals surface area (Å²) in [6.45, 7) is 0.928. The predicted octanol–water partition coefficient (Wildman–Crippen LogP) is 3.48. The minimum atomic E-state index is -0.352. The first kappa shape index (κ1) is 16.7. The summed E-state index contributed by atoms with van der Waals surface area (Å²) in [6.07, 6.45) is 0.233. The molecule has 0 N–H and O–H groups in total. The minimum absolute atomic E-state index is 0.00403. The zero-order chi connectivity index (χ0) is 18.1. The molecule has 0 unspecified atom stereocenters. The van der Waals surface area contributed by atoms with Gasteiger partial charge in [-0.2, -0.15) is 0 Å². The van der Waals surface area contributed by atoms with Gasteiger partial charge in [0.25, 0.3) is 0 Å². The van der Waals surface area contributed by atoms with Crippen molar-refractivity contribution in [2.75, 3.05) is 13.7 Å². The Hall–Kier alpha value is -2.73. The molecule has 4 rings (SSSR count). The summed E-state index contributed by atoms with van der Waals surface area (Å²) in [5, 5.41) is 0.987. The van der Waals surface area contributed by atoms with Gasteiger partial charge >= 0.3 is 5.97 Å². The van der Waals surface area contributed by atoms with Gasteiger partial charge in [0.05, 0.1) is 23.2 Å².